The van der Waals surface area contributed by atoms with Crippen LogP contribution in [0.2, 0.25) is 0 Å². The zero-order chi connectivity index (χ0) is 12.4. The first-order chi connectivity index (χ1) is 8.13. The Morgan fingerprint density at radius 1 is 1.35 bits per heavy atom. The summed E-state index contributed by atoms with van der Waals surface area (Å²) in [6, 6.07) is 3.89. The van der Waals surface area contributed by atoms with Crippen LogP contribution in [0.5, 0.6) is 0 Å². The van der Waals surface area contributed by atoms with Crippen molar-refractivity contribution in [3.63, 3.8) is 0 Å². The summed E-state index contributed by atoms with van der Waals surface area (Å²) in [6.07, 6.45) is 4.60. The van der Waals surface area contributed by atoms with Gasteiger partial charge in [0.1, 0.15) is 0 Å². The molecule has 0 unspecified atom stereocenters. The van der Waals surface area contributed by atoms with E-state index in [1.165, 1.54) is 36.1 Å². The Bertz CT molecular complexity index is 445. The number of nitrogens with zero attached hydrogens (tertiary/aromatic N) is 1. The van der Waals surface area contributed by atoms with Gasteiger partial charge in [-0.1, -0.05) is 15.9 Å². The summed E-state index contributed by atoms with van der Waals surface area (Å²) in [5.74, 6) is -0.110. The van der Waals surface area contributed by atoms with E-state index in [9.17, 15) is 4.79 Å². The number of fused-ring (bicyclic) bond motifs is 1. The molecule has 0 aromatic heterocycles. The third kappa shape index (κ3) is 2.53. The molecular formula is C13H16BrNO2. The molecule has 0 bridgehead atoms. The Balaban J connectivity index is 2.37. The number of hydrogen-bond acceptors (Lipinski definition) is 2. The molecule has 3 nitrogen and oxygen atoms in total. The van der Waals surface area contributed by atoms with Gasteiger partial charge in [0.25, 0.3) is 5.91 Å². The van der Waals surface area contributed by atoms with Gasteiger partial charge in [-0.15, -0.1) is 0 Å². The molecule has 1 aromatic rings. The number of hydrogen-bond donors (Lipinski definition) is 0. The Morgan fingerprint density at radius 3 is 2.76 bits per heavy atom. The minimum atomic E-state index is -0.110. The van der Waals surface area contributed by atoms with E-state index < -0.39 is 0 Å². The summed E-state index contributed by atoms with van der Waals surface area (Å²) in [5.41, 5.74) is 3.33. The molecule has 0 fully saturated rings. The van der Waals surface area contributed by atoms with Crippen molar-refractivity contribution in [2.75, 3.05) is 14.2 Å². The van der Waals surface area contributed by atoms with Crippen molar-refractivity contribution in [1.82, 2.24) is 5.06 Å². The van der Waals surface area contributed by atoms with E-state index in [0.29, 0.717) is 5.56 Å². The van der Waals surface area contributed by atoms with Crippen molar-refractivity contribution < 1.29 is 9.63 Å². The lowest BCUT2D eigenvalue weighted by atomic mass is 9.90. The molecule has 0 aliphatic heterocycles. The number of benzene rings is 1. The molecule has 1 amide bonds. The largest absolute Gasteiger partial charge is 0.277 e. The third-order valence-corrected chi connectivity index (χ3v) is 3.93. The van der Waals surface area contributed by atoms with Gasteiger partial charge in [-0.05, 0) is 48.9 Å². The summed E-state index contributed by atoms with van der Waals surface area (Å²) in [5, 5.41) is 1.25. The number of carbonyl (C=O) groups is 1. The van der Waals surface area contributed by atoms with Crippen LogP contribution in [-0.2, 0) is 17.7 Å². The van der Waals surface area contributed by atoms with Crippen LogP contribution < -0.4 is 0 Å². The van der Waals surface area contributed by atoms with E-state index >= 15 is 0 Å². The fourth-order valence-corrected chi connectivity index (χ4v) is 2.90. The Morgan fingerprint density at radius 2 is 2.06 bits per heavy atom. The van der Waals surface area contributed by atoms with Crippen LogP contribution in [0.1, 0.15) is 34.3 Å². The molecule has 2 rings (SSSR count). The third-order valence-electron chi connectivity index (χ3n) is 3.22. The van der Waals surface area contributed by atoms with E-state index in [1.807, 2.05) is 12.1 Å². The van der Waals surface area contributed by atoms with Gasteiger partial charge in [0.2, 0.25) is 0 Å². The zero-order valence-electron chi connectivity index (χ0n) is 10.1. The molecule has 0 radical (unpaired) electrons. The molecule has 0 N–H and O–H groups in total. The maximum atomic E-state index is 12.0. The molecule has 4 heteroatoms. The number of halogens is 1. The smallest absolute Gasteiger partial charge is 0.274 e. The average molecular weight is 298 g/mol. The monoisotopic (exact) mass is 297 g/mol. The lowest BCUT2D eigenvalue weighted by molar-refractivity contribution is -0.0757. The standard InChI is InChI=1S/C13H16BrNO2/c1-15(17-2)13(16)10-7-9-5-3-4-6-11(9)12(14)8-10/h7-8H,3-6H2,1-2H3. The van der Waals surface area contributed by atoms with Crippen LogP contribution in [0, 0.1) is 0 Å². The molecule has 0 saturated heterocycles. The second kappa shape index (κ2) is 5.19. The van der Waals surface area contributed by atoms with E-state index in [1.54, 1.807) is 7.05 Å². The van der Waals surface area contributed by atoms with Crippen molar-refractivity contribution in [3.8, 4) is 0 Å². The predicted octanol–water partition coefficient (Wildman–Crippen LogP) is 2.96. The molecule has 92 valence electrons. The Labute approximate surface area is 110 Å². The molecule has 1 aliphatic rings. The van der Waals surface area contributed by atoms with E-state index in [2.05, 4.69) is 15.9 Å². The lowest BCUT2D eigenvalue weighted by Crippen LogP contribution is -2.25. The molecule has 1 aliphatic carbocycles. The second-order valence-corrected chi connectivity index (χ2v) is 5.14. The van der Waals surface area contributed by atoms with Crippen LogP contribution >= 0.6 is 15.9 Å². The molecular weight excluding hydrogens is 282 g/mol. The fourth-order valence-electron chi connectivity index (χ4n) is 2.20. The van der Waals surface area contributed by atoms with Crippen molar-refractivity contribution in [2.24, 2.45) is 0 Å². The van der Waals surface area contributed by atoms with E-state index in [0.717, 1.165) is 17.3 Å². The van der Waals surface area contributed by atoms with Crippen molar-refractivity contribution >= 4 is 21.8 Å². The van der Waals surface area contributed by atoms with E-state index in [4.69, 9.17) is 4.84 Å². The first-order valence-corrected chi connectivity index (χ1v) is 6.56. The van der Waals surface area contributed by atoms with Crippen LogP contribution in [0.4, 0.5) is 0 Å². The summed E-state index contributed by atoms with van der Waals surface area (Å²) < 4.78 is 1.04. The summed E-state index contributed by atoms with van der Waals surface area (Å²) in [7, 11) is 3.11. The highest BCUT2D eigenvalue weighted by Gasteiger charge is 2.18. The normalized spacial score (nSPS) is 14.3. The van der Waals surface area contributed by atoms with Crippen molar-refractivity contribution in [1.29, 1.82) is 0 Å². The average Bonchev–Trinajstić information content (AvgIpc) is 2.37. The number of carbonyl (C=O) groups excluding carboxylic acids is 1. The zero-order valence-corrected chi connectivity index (χ0v) is 11.7. The topological polar surface area (TPSA) is 29.5 Å². The Kier molecular flexibility index (Phi) is 3.84. The van der Waals surface area contributed by atoms with Gasteiger partial charge in [-0.25, -0.2) is 5.06 Å². The summed E-state index contributed by atoms with van der Waals surface area (Å²) in [6.45, 7) is 0. The quantitative estimate of drug-likeness (QED) is 0.786. The second-order valence-electron chi connectivity index (χ2n) is 4.29. The van der Waals surface area contributed by atoms with Crippen LogP contribution in [-0.4, -0.2) is 25.1 Å². The number of amides is 1. The first-order valence-electron chi connectivity index (χ1n) is 5.77. The van der Waals surface area contributed by atoms with Crippen LogP contribution in [0.15, 0.2) is 16.6 Å². The molecule has 1 aromatic carbocycles. The molecule has 0 saturated carbocycles. The minimum Gasteiger partial charge on any atom is -0.274 e. The van der Waals surface area contributed by atoms with Crippen molar-refractivity contribution in [2.45, 2.75) is 25.7 Å². The SMILES string of the molecule is CON(C)C(=O)c1cc(Br)c2c(c1)CCCC2. The highest BCUT2D eigenvalue weighted by Crippen LogP contribution is 2.30. The molecule has 0 spiro atoms. The number of rotatable bonds is 2. The lowest BCUT2D eigenvalue weighted by Gasteiger charge is -2.20. The summed E-state index contributed by atoms with van der Waals surface area (Å²) >= 11 is 3.56. The maximum Gasteiger partial charge on any atom is 0.277 e. The highest BCUT2D eigenvalue weighted by atomic mass is 79.9. The highest BCUT2D eigenvalue weighted by molar-refractivity contribution is 9.10. The Hall–Kier alpha value is -0.870. The van der Waals surface area contributed by atoms with Gasteiger partial charge < -0.3 is 0 Å². The molecule has 17 heavy (non-hydrogen) atoms. The molecule has 0 heterocycles. The number of aryl methyl sites for hydroxylation is 1. The van der Waals surface area contributed by atoms with Gasteiger partial charge in [0.05, 0.1) is 7.11 Å². The first kappa shape index (κ1) is 12.6. The fraction of sp³-hybridized carbons (Fsp3) is 0.462. The van der Waals surface area contributed by atoms with Gasteiger partial charge >= 0.3 is 0 Å². The van der Waals surface area contributed by atoms with E-state index in [-0.39, 0.29) is 5.91 Å². The number of hydroxylamine groups is 2. The van der Waals surface area contributed by atoms with Gasteiger partial charge in [-0.2, -0.15) is 0 Å². The van der Waals surface area contributed by atoms with Crippen LogP contribution in [0.3, 0.4) is 0 Å². The van der Waals surface area contributed by atoms with Crippen LogP contribution in [0.25, 0.3) is 0 Å². The van der Waals surface area contributed by atoms with Gasteiger partial charge in [0, 0.05) is 17.1 Å². The maximum absolute atomic E-state index is 12.0. The van der Waals surface area contributed by atoms with Gasteiger partial charge in [-0.3, -0.25) is 9.63 Å². The minimum absolute atomic E-state index is 0.110. The van der Waals surface area contributed by atoms with Gasteiger partial charge in [0.15, 0.2) is 0 Å². The van der Waals surface area contributed by atoms with Crippen molar-refractivity contribution in [3.05, 3.63) is 33.3 Å². The molecule has 0 atom stereocenters. The predicted molar refractivity (Wildman–Crippen MR) is 69.9 cm³/mol. The summed E-state index contributed by atoms with van der Waals surface area (Å²) in [4.78, 5) is 16.9.